The molecule has 7 nitrogen and oxygen atoms in total. The van der Waals surface area contributed by atoms with E-state index < -0.39 is 18.1 Å². The van der Waals surface area contributed by atoms with Crippen LogP contribution in [0.1, 0.15) is 46.3 Å². The fourth-order valence-electron chi connectivity index (χ4n) is 5.52. The van der Waals surface area contributed by atoms with Crippen molar-refractivity contribution in [3.8, 4) is 6.07 Å². The van der Waals surface area contributed by atoms with E-state index in [2.05, 4.69) is 16.1 Å². The number of benzene rings is 2. The highest BCUT2D eigenvalue weighted by Crippen LogP contribution is 2.43. The maximum absolute atomic E-state index is 12.5. The highest BCUT2D eigenvalue weighted by Gasteiger charge is 2.46. The van der Waals surface area contributed by atoms with E-state index in [1.165, 1.54) is 12.1 Å². The summed E-state index contributed by atoms with van der Waals surface area (Å²) in [6.07, 6.45) is -1.96. The number of nitriles is 1. The third-order valence-electron chi connectivity index (χ3n) is 7.22. The van der Waals surface area contributed by atoms with Crippen molar-refractivity contribution in [1.29, 1.82) is 5.26 Å². The van der Waals surface area contributed by atoms with Gasteiger partial charge in [-0.1, -0.05) is 17.7 Å². The van der Waals surface area contributed by atoms with Gasteiger partial charge in [-0.15, -0.1) is 0 Å². The van der Waals surface area contributed by atoms with Crippen LogP contribution in [0.15, 0.2) is 41.5 Å². The molecule has 1 N–H and O–H groups in total. The number of esters is 2. The predicted octanol–water partition coefficient (Wildman–Crippen LogP) is 4.61. The van der Waals surface area contributed by atoms with E-state index in [1.54, 1.807) is 18.2 Å². The summed E-state index contributed by atoms with van der Waals surface area (Å²) in [7, 11) is 0. The number of carbonyl (C=O) groups is 2. The Bertz CT molecular complexity index is 1330. The van der Waals surface area contributed by atoms with E-state index in [9.17, 15) is 28.0 Å². The lowest BCUT2D eigenvalue weighted by Crippen LogP contribution is -2.45. The van der Waals surface area contributed by atoms with Gasteiger partial charge in [0.05, 0.1) is 33.6 Å². The zero-order chi connectivity index (χ0) is 26.3. The summed E-state index contributed by atoms with van der Waals surface area (Å²) in [6, 6.07) is 11.9. The lowest BCUT2D eigenvalue weighted by Gasteiger charge is -2.38. The van der Waals surface area contributed by atoms with Crippen molar-refractivity contribution >= 4 is 34.9 Å². The van der Waals surface area contributed by atoms with Gasteiger partial charge in [0.1, 0.15) is 6.07 Å². The van der Waals surface area contributed by atoms with Gasteiger partial charge in [0.25, 0.3) is 0 Å². The van der Waals surface area contributed by atoms with Crippen LogP contribution in [0.5, 0.6) is 0 Å². The number of hydrazone groups is 1. The molecule has 0 radical (unpaired) electrons. The van der Waals surface area contributed by atoms with Gasteiger partial charge >= 0.3 is 18.1 Å². The molecule has 2 aromatic rings. The number of nitrogens with zero attached hydrogens (tertiary/aromatic N) is 3. The molecule has 2 unspecified atom stereocenters. The molecule has 0 bridgehead atoms. The van der Waals surface area contributed by atoms with Crippen molar-refractivity contribution in [1.82, 2.24) is 5.32 Å². The fourth-order valence-corrected chi connectivity index (χ4v) is 5.74. The average molecular weight is 531 g/mol. The number of fused-ring (bicyclic) bond motifs is 3. The Kier molecular flexibility index (Phi) is 6.68. The van der Waals surface area contributed by atoms with E-state index in [0.717, 1.165) is 54.9 Å². The van der Waals surface area contributed by atoms with Crippen LogP contribution in [0.3, 0.4) is 0 Å². The Balaban J connectivity index is 1.49. The molecule has 2 heterocycles. The van der Waals surface area contributed by atoms with E-state index >= 15 is 0 Å². The first-order chi connectivity index (χ1) is 17.7. The topological polar surface area (TPSA) is 94.8 Å². The fraction of sp³-hybridized carbons (Fsp3) is 0.385. The first-order valence-corrected chi connectivity index (χ1v) is 12.3. The summed E-state index contributed by atoms with van der Waals surface area (Å²) in [5.41, 5.74) is 3.45. The first-order valence-electron chi connectivity index (χ1n) is 11.9. The molecule has 2 aromatic carbocycles. The second kappa shape index (κ2) is 9.80. The van der Waals surface area contributed by atoms with Gasteiger partial charge in [-0.3, -0.25) is 5.01 Å². The van der Waals surface area contributed by atoms with Crippen LogP contribution in [0.25, 0.3) is 0 Å². The van der Waals surface area contributed by atoms with Crippen molar-refractivity contribution in [3.63, 3.8) is 0 Å². The van der Waals surface area contributed by atoms with Crippen LogP contribution in [0.4, 0.5) is 18.9 Å². The van der Waals surface area contributed by atoms with E-state index in [-0.39, 0.29) is 17.5 Å². The molecule has 2 aliphatic heterocycles. The third-order valence-corrected chi connectivity index (χ3v) is 7.54. The molecule has 0 saturated carbocycles. The third kappa shape index (κ3) is 4.81. The monoisotopic (exact) mass is 530 g/mol. The minimum atomic E-state index is -5.25. The Labute approximate surface area is 215 Å². The minimum Gasteiger partial charge on any atom is -0.383 e. The van der Waals surface area contributed by atoms with Crippen molar-refractivity contribution < 1.29 is 27.5 Å². The van der Waals surface area contributed by atoms with Crippen LogP contribution >= 0.6 is 11.6 Å². The summed E-state index contributed by atoms with van der Waals surface area (Å²) in [4.78, 5) is 23.3. The maximum atomic E-state index is 12.5. The van der Waals surface area contributed by atoms with Crippen molar-refractivity contribution in [2.24, 2.45) is 16.9 Å². The zero-order valence-corrected chi connectivity index (χ0v) is 20.3. The molecule has 192 valence electrons. The molecule has 1 fully saturated rings. The Hall–Kier alpha value is -3.42. The molecule has 2 atom stereocenters. The quantitative estimate of drug-likeness (QED) is 0.460. The number of nitrogens with one attached hydrogen (secondary N) is 1. The highest BCUT2D eigenvalue weighted by atomic mass is 35.5. The van der Waals surface area contributed by atoms with E-state index in [1.807, 2.05) is 11.1 Å². The second-order valence-corrected chi connectivity index (χ2v) is 9.78. The molecule has 0 amide bonds. The number of halogens is 4. The number of alkyl halides is 3. The number of piperidine rings is 1. The second-order valence-electron chi connectivity index (χ2n) is 9.38. The van der Waals surface area contributed by atoms with Crippen molar-refractivity contribution in [3.05, 3.63) is 63.7 Å². The molecule has 11 heteroatoms. The number of hydrogen-bond donors (Lipinski definition) is 1. The number of aryl methyl sites for hydroxylation is 1. The van der Waals surface area contributed by atoms with Gasteiger partial charge < -0.3 is 10.1 Å². The van der Waals surface area contributed by atoms with Crippen LogP contribution in [0.2, 0.25) is 5.02 Å². The minimum absolute atomic E-state index is 0.0725. The van der Waals surface area contributed by atoms with Gasteiger partial charge in [0.15, 0.2) is 0 Å². The molecule has 1 aliphatic carbocycles. The lowest BCUT2D eigenvalue weighted by molar-refractivity contribution is -0.193. The van der Waals surface area contributed by atoms with Crippen LogP contribution in [-0.4, -0.2) is 43.0 Å². The molecule has 37 heavy (non-hydrogen) atoms. The zero-order valence-electron chi connectivity index (χ0n) is 19.5. The molecule has 0 spiro atoms. The number of carbonyl (C=O) groups excluding carboxylic acids is 2. The standard InChI is InChI=1S/C26H22ClF3N4O3/c27-21-12-18(4-1-17(21)13-31)34-23(14-7-9-32-10-8-14)20-6-2-15-11-16(3-5-19(15)22(20)33-34)24(35)37-25(36)26(28,29)30/h1,3-5,11-12,14,20,23,32H,2,6-10H2. The number of ether oxygens (including phenoxy) is 1. The average Bonchev–Trinajstić information content (AvgIpc) is 3.28. The molecule has 1 saturated heterocycles. The molecule has 0 aromatic heterocycles. The van der Waals surface area contributed by atoms with Gasteiger partial charge in [0.2, 0.25) is 0 Å². The Morgan fingerprint density at radius 3 is 2.57 bits per heavy atom. The molecular weight excluding hydrogens is 509 g/mol. The van der Waals surface area contributed by atoms with E-state index in [0.29, 0.717) is 22.9 Å². The smallest absolute Gasteiger partial charge is 0.383 e. The summed E-state index contributed by atoms with van der Waals surface area (Å²) in [6.45, 7) is 1.81. The predicted molar refractivity (Wildman–Crippen MR) is 129 cm³/mol. The van der Waals surface area contributed by atoms with Gasteiger partial charge in [-0.2, -0.15) is 23.5 Å². The van der Waals surface area contributed by atoms with Gasteiger partial charge in [0, 0.05) is 11.5 Å². The van der Waals surface area contributed by atoms with Gasteiger partial charge in [-0.25, -0.2) is 9.59 Å². The SMILES string of the molecule is N#Cc1ccc(N2N=C3c4ccc(C(=O)OC(=O)C(F)(F)F)cc4CCC3C2C2CCNCC2)cc1Cl. The summed E-state index contributed by atoms with van der Waals surface area (Å²) >= 11 is 6.34. The Morgan fingerprint density at radius 1 is 1.14 bits per heavy atom. The highest BCUT2D eigenvalue weighted by molar-refractivity contribution is 6.32. The molecule has 3 aliphatic rings. The normalized spacial score (nSPS) is 21.5. The Morgan fingerprint density at radius 2 is 1.89 bits per heavy atom. The number of rotatable bonds is 3. The summed E-state index contributed by atoms with van der Waals surface area (Å²) in [5.74, 6) is -3.42. The molecular formula is C26H22ClF3N4O3. The maximum Gasteiger partial charge on any atom is 0.491 e. The van der Waals surface area contributed by atoms with Crippen LogP contribution < -0.4 is 10.3 Å². The molecule has 5 rings (SSSR count). The first kappa shape index (κ1) is 25.2. The summed E-state index contributed by atoms with van der Waals surface area (Å²) < 4.78 is 41.5. The van der Waals surface area contributed by atoms with Crippen molar-refractivity contribution in [2.45, 2.75) is 37.9 Å². The number of anilines is 1. The van der Waals surface area contributed by atoms with Crippen LogP contribution in [-0.2, 0) is 16.0 Å². The summed E-state index contributed by atoms with van der Waals surface area (Å²) in [5, 5.41) is 20.0. The van der Waals surface area contributed by atoms with Gasteiger partial charge in [-0.05, 0) is 80.6 Å². The lowest BCUT2D eigenvalue weighted by atomic mass is 9.73. The van der Waals surface area contributed by atoms with Crippen LogP contribution in [0, 0.1) is 23.2 Å². The largest absolute Gasteiger partial charge is 0.491 e. The number of hydrogen-bond acceptors (Lipinski definition) is 7. The van der Waals surface area contributed by atoms with Crippen molar-refractivity contribution in [2.75, 3.05) is 18.1 Å². The van der Waals surface area contributed by atoms with E-state index in [4.69, 9.17) is 16.7 Å².